The van der Waals surface area contributed by atoms with Gasteiger partial charge in [0, 0.05) is 17.3 Å². The molecule has 0 saturated carbocycles. The van der Waals surface area contributed by atoms with Gasteiger partial charge in [0.25, 0.3) is 11.8 Å². The van der Waals surface area contributed by atoms with E-state index < -0.39 is 0 Å². The first-order valence-corrected chi connectivity index (χ1v) is 8.67. The summed E-state index contributed by atoms with van der Waals surface area (Å²) in [5.41, 5.74) is 1.64. The van der Waals surface area contributed by atoms with Crippen LogP contribution in [0.1, 0.15) is 24.2 Å². The van der Waals surface area contributed by atoms with Gasteiger partial charge in [0.05, 0.1) is 5.69 Å². The number of amides is 3. The maximum atomic E-state index is 12.4. The number of para-hydroxylation sites is 2. The largest absolute Gasteiger partial charge is 0.482 e. The SMILES string of the molecule is CC(C)NC(=O)c1ccc(NC(=O)CN2C(=O)COc3ccccc32)cc1. The van der Waals surface area contributed by atoms with Crippen LogP contribution in [0.15, 0.2) is 48.5 Å². The van der Waals surface area contributed by atoms with E-state index in [9.17, 15) is 14.4 Å². The van der Waals surface area contributed by atoms with Gasteiger partial charge in [0.1, 0.15) is 12.3 Å². The van der Waals surface area contributed by atoms with E-state index >= 15 is 0 Å². The quantitative estimate of drug-likeness (QED) is 0.848. The van der Waals surface area contributed by atoms with Crippen LogP contribution in [0, 0.1) is 0 Å². The van der Waals surface area contributed by atoms with Crippen LogP contribution in [-0.4, -0.2) is 36.9 Å². The zero-order chi connectivity index (χ0) is 19.4. The van der Waals surface area contributed by atoms with Crippen LogP contribution in [-0.2, 0) is 9.59 Å². The number of anilines is 2. The molecule has 2 N–H and O–H groups in total. The van der Waals surface area contributed by atoms with Gasteiger partial charge in [-0.15, -0.1) is 0 Å². The lowest BCUT2D eigenvalue weighted by atomic mass is 10.2. The highest BCUT2D eigenvalue weighted by atomic mass is 16.5. The Balaban J connectivity index is 1.64. The van der Waals surface area contributed by atoms with E-state index in [-0.39, 0.29) is 36.9 Å². The molecule has 140 valence electrons. The zero-order valence-electron chi connectivity index (χ0n) is 15.2. The number of nitrogens with zero attached hydrogens (tertiary/aromatic N) is 1. The van der Waals surface area contributed by atoms with Crippen LogP contribution in [0.4, 0.5) is 11.4 Å². The highest BCUT2D eigenvalue weighted by Crippen LogP contribution is 2.31. The fraction of sp³-hybridized carbons (Fsp3) is 0.250. The van der Waals surface area contributed by atoms with Gasteiger partial charge in [-0.05, 0) is 50.2 Å². The average Bonchev–Trinajstić information content (AvgIpc) is 2.64. The fourth-order valence-electron chi connectivity index (χ4n) is 2.72. The van der Waals surface area contributed by atoms with Crippen LogP contribution in [0.3, 0.4) is 0 Å². The topological polar surface area (TPSA) is 87.7 Å². The number of carbonyl (C=O) groups is 3. The van der Waals surface area contributed by atoms with Crippen LogP contribution < -0.4 is 20.3 Å². The molecule has 0 bridgehead atoms. The molecule has 27 heavy (non-hydrogen) atoms. The molecule has 2 aromatic carbocycles. The van der Waals surface area contributed by atoms with Gasteiger partial charge in [-0.1, -0.05) is 12.1 Å². The van der Waals surface area contributed by atoms with Crippen molar-refractivity contribution in [2.75, 3.05) is 23.4 Å². The number of hydrogen-bond donors (Lipinski definition) is 2. The first-order valence-electron chi connectivity index (χ1n) is 8.67. The molecule has 1 heterocycles. The van der Waals surface area contributed by atoms with Crippen molar-refractivity contribution >= 4 is 29.1 Å². The molecule has 0 aliphatic carbocycles. The standard InChI is InChI=1S/C20H21N3O4/c1-13(2)21-20(26)14-7-9-15(10-8-14)22-18(24)11-23-16-5-3-4-6-17(16)27-12-19(23)25/h3-10,13H,11-12H2,1-2H3,(H,21,26)(H,22,24). The predicted molar refractivity (Wildman–Crippen MR) is 102 cm³/mol. The van der Waals surface area contributed by atoms with Gasteiger partial charge in [0.15, 0.2) is 6.61 Å². The Morgan fingerprint density at radius 1 is 1.11 bits per heavy atom. The number of fused-ring (bicyclic) bond motifs is 1. The number of benzene rings is 2. The Morgan fingerprint density at radius 2 is 1.81 bits per heavy atom. The molecule has 2 aromatic rings. The van der Waals surface area contributed by atoms with Crippen molar-refractivity contribution in [2.45, 2.75) is 19.9 Å². The highest BCUT2D eigenvalue weighted by molar-refractivity contribution is 6.05. The van der Waals surface area contributed by atoms with Gasteiger partial charge in [0.2, 0.25) is 5.91 Å². The number of hydrogen-bond acceptors (Lipinski definition) is 4. The summed E-state index contributed by atoms with van der Waals surface area (Å²) in [6, 6.07) is 13.7. The molecule has 7 heteroatoms. The molecule has 3 rings (SSSR count). The molecule has 7 nitrogen and oxygen atoms in total. The van der Waals surface area contributed by atoms with E-state index in [4.69, 9.17) is 4.74 Å². The Morgan fingerprint density at radius 3 is 2.52 bits per heavy atom. The molecule has 1 aliphatic heterocycles. The van der Waals surface area contributed by atoms with Crippen molar-refractivity contribution in [1.82, 2.24) is 5.32 Å². The summed E-state index contributed by atoms with van der Waals surface area (Å²) in [5.74, 6) is -0.201. The van der Waals surface area contributed by atoms with E-state index in [1.807, 2.05) is 19.9 Å². The Hall–Kier alpha value is -3.35. The second-order valence-corrected chi connectivity index (χ2v) is 6.49. The van der Waals surface area contributed by atoms with Crippen molar-refractivity contribution in [3.05, 3.63) is 54.1 Å². The van der Waals surface area contributed by atoms with Gasteiger partial charge >= 0.3 is 0 Å². The van der Waals surface area contributed by atoms with Crippen molar-refractivity contribution < 1.29 is 19.1 Å². The Bertz CT molecular complexity index is 862. The normalized spacial score (nSPS) is 13.0. The van der Waals surface area contributed by atoms with Crippen LogP contribution in [0.2, 0.25) is 0 Å². The summed E-state index contributed by atoms with van der Waals surface area (Å²) in [5, 5.41) is 5.55. The van der Waals surface area contributed by atoms with E-state index in [2.05, 4.69) is 10.6 Å². The van der Waals surface area contributed by atoms with Gasteiger partial charge in [-0.3, -0.25) is 19.3 Å². The molecular formula is C20H21N3O4. The number of ether oxygens (including phenoxy) is 1. The summed E-state index contributed by atoms with van der Waals surface area (Å²) in [4.78, 5) is 37.9. The second kappa shape index (κ2) is 7.90. The molecule has 0 spiro atoms. The number of carbonyl (C=O) groups excluding carboxylic acids is 3. The summed E-state index contributed by atoms with van der Waals surface area (Å²) in [7, 11) is 0. The minimum atomic E-state index is -0.334. The molecule has 0 unspecified atom stereocenters. The monoisotopic (exact) mass is 367 g/mol. The molecular weight excluding hydrogens is 346 g/mol. The van der Waals surface area contributed by atoms with Crippen molar-refractivity contribution in [2.24, 2.45) is 0 Å². The third kappa shape index (κ3) is 4.44. The minimum absolute atomic E-state index is 0.0471. The average molecular weight is 367 g/mol. The molecule has 0 fully saturated rings. The molecule has 0 aromatic heterocycles. The molecule has 0 saturated heterocycles. The van der Waals surface area contributed by atoms with Crippen LogP contribution in [0.25, 0.3) is 0 Å². The predicted octanol–water partition coefficient (Wildman–Crippen LogP) is 2.19. The maximum Gasteiger partial charge on any atom is 0.265 e. The lowest BCUT2D eigenvalue weighted by Gasteiger charge is -2.28. The maximum absolute atomic E-state index is 12.4. The van der Waals surface area contributed by atoms with Crippen LogP contribution in [0.5, 0.6) is 5.75 Å². The van der Waals surface area contributed by atoms with Gasteiger partial charge < -0.3 is 15.4 Å². The lowest BCUT2D eigenvalue weighted by molar-refractivity contribution is -0.123. The molecule has 0 atom stereocenters. The van der Waals surface area contributed by atoms with Crippen molar-refractivity contribution in [3.63, 3.8) is 0 Å². The highest BCUT2D eigenvalue weighted by Gasteiger charge is 2.26. The second-order valence-electron chi connectivity index (χ2n) is 6.49. The summed E-state index contributed by atoms with van der Waals surface area (Å²) < 4.78 is 5.37. The summed E-state index contributed by atoms with van der Waals surface area (Å²) in [6.07, 6.45) is 0. The number of nitrogens with one attached hydrogen (secondary N) is 2. The molecule has 3 amide bonds. The van der Waals surface area contributed by atoms with Crippen molar-refractivity contribution in [3.8, 4) is 5.75 Å². The Labute approximate surface area is 157 Å². The fourth-order valence-corrected chi connectivity index (χ4v) is 2.72. The van der Waals surface area contributed by atoms with E-state index in [1.54, 1.807) is 42.5 Å². The van der Waals surface area contributed by atoms with Crippen LogP contribution >= 0.6 is 0 Å². The third-order valence-electron chi connectivity index (χ3n) is 3.96. The number of rotatable bonds is 5. The zero-order valence-corrected chi connectivity index (χ0v) is 15.2. The summed E-state index contributed by atoms with van der Waals surface area (Å²) in [6.45, 7) is 3.56. The van der Waals surface area contributed by atoms with E-state index in [0.29, 0.717) is 22.7 Å². The molecule has 0 radical (unpaired) electrons. The molecule has 1 aliphatic rings. The minimum Gasteiger partial charge on any atom is -0.482 e. The van der Waals surface area contributed by atoms with Gasteiger partial charge in [-0.25, -0.2) is 0 Å². The first-order chi connectivity index (χ1) is 12.9. The van der Waals surface area contributed by atoms with E-state index in [1.165, 1.54) is 4.90 Å². The lowest BCUT2D eigenvalue weighted by Crippen LogP contribution is -2.43. The summed E-state index contributed by atoms with van der Waals surface area (Å²) >= 11 is 0. The first kappa shape index (κ1) is 18.4. The van der Waals surface area contributed by atoms with E-state index in [0.717, 1.165) is 0 Å². The smallest absolute Gasteiger partial charge is 0.265 e. The Kier molecular flexibility index (Phi) is 5.40. The van der Waals surface area contributed by atoms with Crippen molar-refractivity contribution in [1.29, 1.82) is 0 Å². The third-order valence-corrected chi connectivity index (χ3v) is 3.96. The van der Waals surface area contributed by atoms with Gasteiger partial charge in [-0.2, -0.15) is 0 Å².